The van der Waals surface area contributed by atoms with Crippen molar-refractivity contribution >= 4 is 11.6 Å². The molecule has 0 aliphatic carbocycles. The lowest BCUT2D eigenvalue weighted by atomic mass is 10.1. The second kappa shape index (κ2) is 6.46. The Bertz CT molecular complexity index is 733. The van der Waals surface area contributed by atoms with Gasteiger partial charge in [-0.15, -0.1) is 0 Å². The molecule has 2 aromatic rings. The number of aliphatic hydroxyl groups excluding tert-OH is 1. The normalized spacial score (nSPS) is 27.3. The number of nitrogens with zero attached hydrogens (tertiary/aromatic N) is 4. The van der Waals surface area contributed by atoms with E-state index in [-0.39, 0.29) is 24.7 Å². The minimum atomic E-state index is -0.0925. The molecule has 0 unspecified atom stereocenters. The summed E-state index contributed by atoms with van der Waals surface area (Å²) in [5.41, 5.74) is 1.30. The SMILES string of the molecule is O=C(N[C@@H]1C[C@H]2CO[C@@H](CCO)CN2C1)c1ccc2ncnn2c1. The van der Waals surface area contributed by atoms with Gasteiger partial charge in [-0.3, -0.25) is 9.69 Å². The molecule has 2 saturated heterocycles. The highest BCUT2D eigenvalue weighted by molar-refractivity contribution is 5.94. The topological polar surface area (TPSA) is 92.0 Å². The summed E-state index contributed by atoms with van der Waals surface area (Å²) in [5.74, 6) is -0.0925. The van der Waals surface area contributed by atoms with E-state index < -0.39 is 0 Å². The highest BCUT2D eigenvalue weighted by atomic mass is 16.5. The van der Waals surface area contributed by atoms with Crippen molar-refractivity contribution < 1.29 is 14.6 Å². The monoisotopic (exact) mass is 331 g/mol. The van der Waals surface area contributed by atoms with E-state index in [1.807, 2.05) is 0 Å². The molecule has 0 spiro atoms. The Morgan fingerprint density at radius 1 is 1.42 bits per heavy atom. The van der Waals surface area contributed by atoms with Crippen LogP contribution in [0.5, 0.6) is 0 Å². The molecule has 4 heterocycles. The summed E-state index contributed by atoms with van der Waals surface area (Å²) in [7, 11) is 0. The molecule has 4 rings (SSSR count). The largest absolute Gasteiger partial charge is 0.396 e. The number of aliphatic hydroxyl groups is 1. The average molecular weight is 331 g/mol. The molecule has 8 nitrogen and oxygen atoms in total. The van der Waals surface area contributed by atoms with Crippen LogP contribution in [-0.4, -0.2) is 75.0 Å². The summed E-state index contributed by atoms with van der Waals surface area (Å²) in [6.07, 6.45) is 4.81. The number of carbonyl (C=O) groups is 1. The van der Waals surface area contributed by atoms with E-state index in [0.29, 0.717) is 24.6 Å². The van der Waals surface area contributed by atoms with E-state index in [0.717, 1.165) is 25.2 Å². The maximum atomic E-state index is 12.5. The van der Waals surface area contributed by atoms with Gasteiger partial charge in [-0.25, -0.2) is 9.50 Å². The first-order chi connectivity index (χ1) is 11.7. The molecular formula is C16H21N5O3. The first kappa shape index (κ1) is 15.5. The highest BCUT2D eigenvalue weighted by Crippen LogP contribution is 2.24. The van der Waals surface area contributed by atoms with E-state index in [1.165, 1.54) is 6.33 Å². The van der Waals surface area contributed by atoms with E-state index >= 15 is 0 Å². The standard InChI is InChI=1S/C16H21N5O3/c22-4-3-14-8-20-7-12(5-13(20)9-24-14)19-16(23)11-1-2-15-17-10-18-21(15)6-11/h1-2,6,10,12-14,22H,3-5,7-9H2,(H,19,23)/t12-,13+,14+/m1/s1. The number of fused-ring (bicyclic) bond motifs is 2. The first-order valence-corrected chi connectivity index (χ1v) is 8.29. The summed E-state index contributed by atoms with van der Waals surface area (Å²) in [6, 6.07) is 4.02. The Balaban J connectivity index is 1.38. The van der Waals surface area contributed by atoms with Crippen LogP contribution >= 0.6 is 0 Å². The summed E-state index contributed by atoms with van der Waals surface area (Å²) >= 11 is 0. The Hall–Kier alpha value is -2.03. The zero-order valence-electron chi connectivity index (χ0n) is 13.3. The number of ether oxygens (including phenoxy) is 1. The second-order valence-electron chi connectivity index (χ2n) is 6.46. The highest BCUT2D eigenvalue weighted by Gasteiger charge is 2.37. The van der Waals surface area contributed by atoms with Gasteiger partial charge in [0.1, 0.15) is 6.33 Å². The van der Waals surface area contributed by atoms with Crippen molar-refractivity contribution in [3.05, 3.63) is 30.2 Å². The van der Waals surface area contributed by atoms with Gasteiger partial charge < -0.3 is 15.2 Å². The van der Waals surface area contributed by atoms with Crippen LogP contribution in [0.25, 0.3) is 5.65 Å². The molecule has 3 atom stereocenters. The van der Waals surface area contributed by atoms with Gasteiger partial charge in [0.05, 0.1) is 18.3 Å². The van der Waals surface area contributed by atoms with Gasteiger partial charge in [0, 0.05) is 38.0 Å². The van der Waals surface area contributed by atoms with Crippen molar-refractivity contribution in [2.75, 3.05) is 26.3 Å². The fraction of sp³-hybridized carbons (Fsp3) is 0.562. The van der Waals surface area contributed by atoms with E-state index in [4.69, 9.17) is 9.84 Å². The lowest BCUT2D eigenvalue weighted by Crippen LogP contribution is -2.46. The van der Waals surface area contributed by atoms with Gasteiger partial charge >= 0.3 is 0 Å². The molecule has 0 aromatic carbocycles. The lowest BCUT2D eigenvalue weighted by molar-refractivity contribution is -0.0566. The third kappa shape index (κ3) is 3.00. The van der Waals surface area contributed by atoms with Gasteiger partial charge in [-0.1, -0.05) is 0 Å². The van der Waals surface area contributed by atoms with Crippen LogP contribution in [0.3, 0.4) is 0 Å². The summed E-state index contributed by atoms with van der Waals surface area (Å²) in [6.45, 7) is 2.46. The third-order valence-corrected chi connectivity index (χ3v) is 4.81. The third-order valence-electron chi connectivity index (χ3n) is 4.81. The zero-order chi connectivity index (χ0) is 16.5. The summed E-state index contributed by atoms with van der Waals surface area (Å²) in [4.78, 5) is 18.9. The number of hydrogen-bond donors (Lipinski definition) is 2. The molecular weight excluding hydrogens is 310 g/mol. The molecule has 2 aromatic heterocycles. The van der Waals surface area contributed by atoms with Crippen LogP contribution in [0.4, 0.5) is 0 Å². The molecule has 0 saturated carbocycles. The Labute approximate surface area is 139 Å². The number of aromatic nitrogens is 3. The minimum absolute atomic E-state index is 0.0925. The fourth-order valence-electron chi connectivity index (χ4n) is 3.59. The van der Waals surface area contributed by atoms with Crippen molar-refractivity contribution in [2.45, 2.75) is 31.0 Å². The second-order valence-corrected chi connectivity index (χ2v) is 6.46. The Morgan fingerprint density at radius 3 is 3.21 bits per heavy atom. The summed E-state index contributed by atoms with van der Waals surface area (Å²) < 4.78 is 7.37. The van der Waals surface area contributed by atoms with Crippen molar-refractivity contribution in [2.24, 2.45) is 0 Å². The Morgan fingerprint density at radius 2 is 2.33 bits per heavy atom. The molecule has 2 fully saturated rings. The van der Waals surface area contributed by atoms with E-state index in [1.54, 1.807) is 22.8 Å². The number of amides is 1. The average Bonchev–Trinajstić information content (AvgIpc) is 3.19. The van der Waals surface area contributed by atoms with E-state index in [2.05, 4.69) is 20.3 Å². The van der Waals surface area contributed by atoms with Crippen molar-refractivity contribution in [1.29, 1.82) is 0 Å². The predicted octanol–water partition coefficient (Wildman–Crippen LogP) is -0.317. The van der Waals surface area contributed by atoms with Crippen LogP contribution in [-0.2, 0) is 4.74 Å². The Kier molecular flexibility index (Phi) is 4.17. The van der Waals surface area contributed by atoms with Gasteiger partial charge in [0.2, 0.25) is 0 Å². The number of carbonyl (C=O) groups excluding carboxylic acids is 1. The van der Waals surface area contributed by atoms with E-state index in [9.17, 15) is 4.79 Å². The van der Waals surface area contributed by atoms with Crippen LogP contribution in [0, 0.1) is 0 Å². The number of pyridine rings is 1. The molecule has 2 aliphatic heterocycles. The van der Waals surface area contributed by atoms with Crippen LogP contribution in [0.15, 0.2) is 24.7 Å². The summed E-state index contributed by atoms with van der Waals surface area (Å²) in [5, 5.41) is 16.2. The molecule has 2 aliphatic rings. The van der Waals surface area contributed by atoms with Gasteiger partial charge in [0.25, 0.3) is 5.91 Å². The quantitative estimate of drug-likeness (QED) is 0.798. The number of morpholine rings is 1. The van der Waals surface area contributed by atoms with Crippen LogP contribution in [0.2, 0.25) is 0 Å². The smallest absolute Gasteiger partial charge is 0.253 e. The maximum absolute atomic E-state index is 12.5. The zero-order valence-corrected chi connectivity index (χ0v) is 13.3. The fourth-order valence-corrected chi connectivity index (χ4v) is 3.59. The number of rotatable bonds is 4. The molecule has 24 heavy (non-hydrogen) atoms. The molecule has 1 amide bonds. The van der Waals surface area contributed by atoms with Gasteiger partial charge in [-0.2, -0.15) is 5.10 Å². The number of nitrogens with one attached hydrogen (secondary N) is 1. The van der Waals surface area contributed by atoms with Crippen molar-refractivity contribution in [3.8, 4) is 0 Å². The van der Waals surface area contributed by atoms with Crippen molar-refractivity contribution in [1.82, 2.24) is 24.8 Å². The molecule has 8 heteroatoms. The molecule has 0 radical (unpaired) electrons. The number of hydrogen-bond acceptors (Lipinski definition) is 6. The lowest BCUT2D eigenvalue weighted by Gasteiger charge is -2.34. The maximum Gasteiger partial charge on any atom is 0.253 e. The van der Waals surface area contributed by atoms with Crippen LogP contribution in [0.1, 0.15) is 23.2 Å². The van der Waals surface area contributed by atoms with Crippen molar-refractivity contribution in [3.63, 3.8) is 0 Å². The first-order valence-electron chi connectivity index (χ1n) is 8.29. The van der Waals surface area contributed by atoms with Crippen LogP contribution < -0.4 is 5.32 Å². The molecule has 0 bridgehead atoms. The van der Waals surface area contributed by atoms with Gasteiger partial charge in [0.15, 0.2) is 5.65 Å². The molecule has 2 N–H and O–H groups in total. The molecule has 128 valence electrons. The minimum Gasteiger partial charge on any atom is -0.396 e. The van der Waals surface area contributed by atoms with Gasteiger partial charge in [-0.05, 0) is 25.0 Å². The predicted molar refractivity (Wildman–Crippen MR) is 85.7 cm³/mol.